The van der Waals surface area contributed by atoms with E-state index in [4.69, 9.17) is 0 Å². The van der Waals surface area contributed by atoms with E-state index in [9.17, 15) is 4.79 Å². The summed E-state index contributed by atoms with van der Waals surface area (Å²) in [6.45, 7) is 4.71. The molecule has 2 saturated heterocycles. The van der Waals surface area contributed by atoms with Gasteiger partial charge in [0.2, 0.25) is 0 Å². The fourth-order valence-corrected chi connectivity index (χ4v) is 2.90. The maximum Gasteiger partial charge on any atom is 0.274 e. The summed E-state index contributed by atoms with van der Waals surface area (Å²) in [5.74, 6) is 0.693. The van der Waals surface area contributed by atoms with Crippen LogP contribution in [-0.4, -0.2) is 46.7 Å². The van der Waals surface area contributed by atoms with Gasteiger partial charge in [0.25, 0.3) is 5.91 Å². The second-order valence-electron chi connectivity index (χ2n) is 5.11. The van der Waals surface area contributed by atoms with Gasteiger partial charge in [-0.2, -0.15) is 5.10 Å². The summed E-state index contributed by atoms with van der Waals surface area (Å²) in [5.41, 5.74) is 1.48. The van der Waals surface area contributed by atoms with E-state index in [0.29, 0.717) is 17.7 Å². The topological polar surface area (TPSA) is 61.0 Å². The summed E-state index contributed by atoms with van der Waals surface area (Å²) in [6, 6.07) is 2.31. The van der Waals surface area contributed by atoms with Gasteiger partial charge in [-0.15, -0.1) is 0 Å². The minimum Gasteiger partial charge on any atom is -0.335 e. The summed E-state index contributed by atoms with van der Waals surface area (Å²) in [4.78, 5) is 14.2. The van der Waals surface area contributed by atoms with Gasteiger partial charge >= 0.3 is 0 Å². The molecule has 3 rings (SSSR count). The molecule has 1 amide bonds. The van der Waals surface area contributed by atoms with E-state index in [1.165, 1.54) is 12.8 Å². The van der Waals surface area contributed by atoms with Crippen molar-refractivity contribution in [2.45, 2.75) is 25.8 Å². The van der Waals surface area contributed by atoms with Crippen molar-refractivity contribution in [2.24, 2.45) is 5.92 Å². The molecule has 2 atom stereocenters. The van der Waals surface area contributed by atoms with Gasteiger partial charge in [-0.1, -0.05) is 0 Å². The minimum atomic E-state index is 0.0607. The van der Waals surface area contributed by atoms with Crippen molar-refractivity contribution >= 4 is 5.91 Å². The Bertz CT molecular complexity index is 414. The van der Waals surface area contributed by atoms with Crippen LogP contribution in [0, 0.1) is 12.8 Å². The van der Waals surface area contributed by atoms with E-state index in [2.05, 4.69) is 15.5 Å². The lowest BCUT2D eigenvalue weighted by Gasteiger charge is -2.24. The molecule has 0 aromatic carbocycles. The lowest BCUT2D eigenvalue weighted by atomic mass is 9.94. The van der Waals surface area contributed by atoms with Crippen molar-refractivity contribution in [1.29, 1.82) is 0 Å². The highest BCUT2D eigenvalue weighted by atomic mass is 16.2. The van der Waals surface area contributed by atoms with Crippen molar-refractivity contribution in [2.75, 3.05) is 19.6 Å². The fraction of sp³-hybridized carbons (Fsp3) is 0.667. The van der Waals surface area contributed by atoms with E-state index < -0.39 is 0 Å². The average molecular weight is 234 g/mol. The van der Waals surface area contributed by atoms with Crippen LogP contribution in [0.25, 0.3) is 0 Å². The van der Waals surface area contributed by atoms with Gasteiger partial charge < -0.3 is 10.2 Å². The molecule has 3 heterocycles. The summed E-state index contributed by atoms with van der Waals surface area (Å²) in [5, 5.41) is 10.4. The number of carbonyl (C=O) groups excluding carboxylic acids is 1. The molecule has 2 aliphatic rings. The second-order valence-corrected chi connectivity index (χ2v) is 5.11. The molecule has 2 N–H and O–H groups in total. The van der Waals surface area contributed by atoms with Gasteiger partial charge in [0.15, 0.2) is 0 Å². The fourth-order valence-electron chi connectivity index (χ4n) is 2.90. The number of fused-ring (bicyclic) bond motifs is 1. The maximum absolute atomic E-state index is 12.2. The van der Waals surface area contributed by atoms with Gasteiger partial charge in [-0.25, -0.2) is 0 Å². The highest BCUT2D eigenvalue weighted by Gasteiger charge is 2.37. The monoisotopic (exact) mass is 234 g/mol. The summed E-state index contributed by atoms with van der Waals surface area (Å²) < 4.78 is 0. The number of likely N-dealkylation sites (tertiary alicyclic amines) is 1. The SMILES string of the molecule is Cc1cc(C(=O)N2CC3CCCNC3C2)n[nH]1. The van der Waals surface area contributed by atoms with Crippen LogP contribution in [0.5, 0.6) is 0 Å². The van der Waals surface area contributed by atoms with Crippen LogP contribution in [-0.2, 0) is 0 Å². The molecule has 0 aliphatic carbocycles. The molecule has 2 fully saturated rings. The first-order valence-corrected chi connectivity index (χ1v) is 6.29. The quantitative estimate of drug-likeness (QED) is 0.745. The van der Waals surface area contributed by atoms with Crippen LogP contribution in [0.2, 0.25) is 0 Å². The van der Waals surface area contributed by atoms with Crippen LogP contribution in [0.1, 0.15) is 29.0 Å². The molecular formula is C12H18N4O. The Morgan fingerprint density at radius 1 is 1.53 bits per heavy atom. The molecule has 2 aliphatic heterocycles. The van der Waals surface area contributed by atoms with Crippen molar-refractivity contribution < 1.29 is 4.79 Å². The number of hydrogen-bond donors (Lipinski definition) is 2. The number of aryl methyl sites for hydroxylation is 1. The molecule has 0 bridgehead atoms. The molecule has 92 valence electrons. The first kappa shape index (κ1) is 10.8. The molecule has 17 heavy (non-hydrogen) atoms. The molecule has 0 radical (unpaired) electrons. The number of aromatic amines is 1. The Morgan fingerprint density at radius 3 is 3.12 bits per heavy atom. The molecule has 2 unspecified atom stereocenters. The van der Waals surface area contributed by atoms with E-state index in [-0.39, 0.29) is 5.91 Å². The second kappa shape index (κ2) is 4.14. The Morgan fingerprint density at radius 2 is 2.41 bits per heavy atom. The zero-order valence-corrected chi connectivity index (χ0v) is 10.1. The molecule has 0 saturated carbocycles. The predicted molar refractivity (Wildman–Crippen MR) is 63.7 cm³/mol. The van der Waals surface area contributed by atoms with Crippen molar-refractivity contribution in [3.05, 3.63) is 17.5 Å². The third kappa shape index (κ3) is 1.95. The van der Waals surface area contributed by atoms with Gasteiger partial charge in [-0.05, 0) is 38.3 Å². The van der Waals surface area contributed by atoms with Crippen LogP contribution < -0.4 is 5.32 Å². The van der Waals surface area contributed by atoms with E-state index in [1.54, 1.807) is 0 Å². The summed E-state index contributed by atoms with van der Waals surface area (Å²) in [6.07, 6.45) is 2.46. The minimum absolute atomic E-state index is 0.0607. The summed E-state index contributed by atoms with van der Waals surface area (Å²) in [7, 11) is 0. The van der Waals surface area contributed by atoms with Gasteiger partial charge in [0.1, 0.15) is 5.69 Å². The Labute approximate surface area is 101 Å². The Kier molecular flexibility index (Phi) is 2.63. The van der Waals surface area contributed by atoms with Crippen LogP contribution >= 0.6 is 0 Å². The largest absolute Gasteiger partial charge is 0.335 e. The summed E-state index contributed by atoms with van der Waals surface area (Å²) >= 11 is 0. The molecule has 0 spiro atoms. The number of H-pyrrole nitrogens is 1. The number of carbonyl (C=O) groups is 1. The molecule has 1 aromatic rings. The molecular weight excluding hydrogens is 216 g/mol. The number of nitrogens with zero attached hydrogens (tertiary/aromatic N) is 2. The standard InChI is InChI=1S/C12H18N4O/c1-8-5-10(15-14-8)12(17)16-6-9-3-2-4-13-11(9)7-16/h5,9,11,13H,2-4,6-7H2,1H3,(H,14,15). The normalized spacial score (nSPS) is 28.2. The van der Waals surface area contributed by atoms with Gasteiger partial charge in [0.05, 0.1) is 0 Å². The molecule has 1 aromatic heterocycles. The van der Waals surface area contributed by atoms with Crippen LogP contribution in [0.3, 0.4) is 0 Å². The number of piperidine rings is 1. The third-order valence-corrected chi connectivity index (χ3v) is 3.81. The van der Waals surface area contributed by atoms with E-state index in [1.807, 2.05) is 17.9 Å². The van der Waals surface area contributed by atoms with Gasteiger partial charge in [-0.3, -0.25) is 9.89 Å². The Hall–Kier alpha value is -1.36. The Balaban J connectivity index is 1.71. The average Bonchev–Trinajstić information content (AvgIpc) is 2.93. The van der Waals surface area contributed by atoms with Crippen molar-refractivity contribution in [3.8, 4) is 0 Å². The van der Waals surface area contributed by atoms with E-state index >= 15 is 0 Å². The predicted octanol–water partition coefficient (Wildman–Crippen LogP) is 0.542. The first-order chi connectivity index (χ1) is 8.24. The highest BCUT2D eigenvalue weighted by molar-refractivity contribution is 5.92. The first-order valence-electron chi connectivity index (χ1n) is 6.29. The number of nitrogens with one attached hydrogen (secondary N) is 2. The van der Waals surface area contributed by atoms with E-state index in [0.717, 1.165) is 25.3 Å². The lowest BCUT2D eigenvalue weighted by molar-refractivity contribution is 0.0780. The smallest absolute Gasteiger partial charge is 0.274 e. The zero-order valence-electron chi connectivity index (χ0n) is 10.1. The van der Waals surface area contributed by atoms with Gasteiger partial charge in [0, 0.05) is 24.8 Å². The van der Waals surface area contributed by atoms with Crippen molar-refractivity contribution in [3.63, 3.8) is 0 Å². The maximum atomic E-state index is 12.2. The number of rotatable bonds is 1. The number of amides is 1. The number of aromatic nitrogens is 2. The zero-order chi connectivity index (χ0) is 11.8. The lowest BCUT2D eigenvalue weighted by Crippen LogP contribution is -2.41. The third-order valence-electron chi connectivity index (χ3n) is 3.81. The van der Waals surface area contributed by atoms with Crippen LogP contribution in [0.15, 0.2) is 6.07 Å². The highest BCUT2D eigenvalue weighted by Crippen LogP contribution is 2.25. The number of hydrogen-bond acceptors (Lipinski definition) is 3. The van der Waals surface area contributed by atoms with Crippen molar-refractivity contribution in [1.82, 2.24) is 20.4 Å². The molecule has 5 heteroatoms. The van der Waals surface area contributed by atoms with Crippen LogP contribution in [0.4, 0.5) is 0 Å². The molecule has 5 nitrogen and oxygen atoms in total.